The summed E-state index contributed by atoms with van der Waals surface area (Å²) in [6.45, 7) is 4.88. The summed E-state index contributed by atoms with van der Waals surface area (Å²) >= 11 is 0. The lowest BCUT2D eigenvalue weighted by Crippen LogP contribution is -2.30. The largest absolute Gasteiger partial charge is 0.496 e. The highest BCUT2D eigenvalue weighted by Gasteiger charge is 2.05. The van der Waals surface area contributed by atoms with Gasteiger partial charge >= 0.3 is 0 Å². The van der Waals surface area contributed by atoms with Gasteiger partial charge in [0.25, 0.3) is 0 Å². The Labute approximate surface area is 106 Å². The third-order valence-electron chi connectivity index (χ3n) is 2.60. The first-order valence-electron chi connectivity index (χ1n) is 5.70. The number of aryl methyl sites for hydroxylation is 1. The molecule has 0 spiro atoms. The van der Waals surface area contributed by atoms with E-state index in [1.165, 1.54) is 5.56 Å². The van der Waals surface area contributed by atoms with Gasteiger partial charge in [0.05, 0.1) is 7.11 Å². The first-order chi connectivity index (χ1) is 8.02. The van der Waals surface area contributed by atoms with Gasteiger partial charge in [0.1, 0.15) is 5.75 Å². The van der Waals surface area contributed by atoms with Gasteiger partial charge in [0.15, 0.2) is 0 Å². The molecule has 0 aromatic heterocycles. The fourth-order valence-corrected chi connectivity index (χ4v) is 2.58. The summed E-state index contributed by atoms with van der Waals surface area (Å²) in [5.41, 5.74) is 2.36. The van der Waals surface area contributed by atoms with Crippen LogP contribution in [-0.2, 0) is 17.3 Å². The third kappa shape index (κ3) is 4.88. The van der Waals surface area contributed by atoms with Crippen LogP contribution in [0.25, 0.3) is 0 Å². The zero-order chi connectivity index (χ0) is 12.8. The molecule has 0 radical (unpaired) electrons. The van der Waals surface area contributed by atoms with Crippen LogP contribution in [0.1, 0.15) is 18.1 Å². The Bertz CT molecular complexity index is 393. The molecule has 2 unspecified atom stereocenters. The molecule has 17 heavy (non-hydrogen) atoms. The molecule has 0 saturated carbocycles. The Morgan fingerprint density at radius 3 is 2.71 bits per heavy atom. The zero-order valence-electron chi connectivity index (χ0n) is 10.9. The number of hydrogen-bond donors (Lipinski definition) is 1. The third-order valence-corrected chi connectivity index (χ3v) is 3.57. The molecule has 0 amide bonds. The highest BCUT2D eigenvalue weighted by atomic mass is 32.2. The van der Waals surface area contributed by atoms with Gasteiger partial charge in [-0.15, -0.1) is 0 Å². The minimum Gasteiger partial charge on any atom is -0.496 e. The predicted octanol–water partition coefficient (Wildman–Crippen LogP) is 1.86. The molecule has 2 atom stereocenters. The van der Waals surface area contributed by atoms with Crippen molar-refractivity contribution in [1.82, 2.24) is 5.32 Å². The number of nitrogens with one attached hydrogen (secondary N) is 1. The molecule has 0 aliphatic heterocycles. The van der Waals surface area contributed by atoms with E-state index < -0.39 is 10.8 Å². The van der Waals surface area contributed by atoms with Crippen LogP contribution in [0, 0.1) is 6.92 Å². The van der Waals surface area contributed by atoms with Crippen LogP contribution in [0.5, 0.6) is 5.75 Å². The summed E-state index contributed by atoms with van der Waals surface area (Å²) in [4.78, 5) is 0. The Hall–Kier alpha value is -0.870. The van der Waals surface area contributed by atoms with Gasteiger partial charge in [-0.25, -0.2) is 0 Å². The molecular weight excluding hydrogens is 234 g/mol. The molecule has 96 valence electrons. The number of methoxy groups -OCH3 is 1. The molecular formula is C13H21NO2S. The molecule has 0 aliphatic rings. The van der Waals surface area contributed by atoms with Gasteiger partial charge in [0, 0.05) is 35.4 Å². The average Bonchev–Trinajstić information content (AvgIpc) is 2.25. The van der Waals surface area contributed by atoms with Gasteiger partial charge in [-0.1, -0.05) is 12.1 Å². The monoisotopic (exact) mass is 255 g/mol. The summed E-state index contributed by atoms with van der Waals surface area (Å²) in [7, 11) is 0.934. The van der Waals surface area contributed by atoms with E-state index in [4.69, 9.17) is 4.74 Å². The van der Waals surface area contributed by atoms with Gasteiger partial charge in [-0.2, -0.15) is 0 Å². The van der Waals surface area contributed by atoms with Crippen molar-refractivity contribution in [3.63, 3.8) is 0 Å². The summed E-state index contributed by atoms with van der Waals surface area (Å²) in [5.74, 6) is 1.60. The van der Waals surface area contributed by atoms with Gasteiger partial charge in [0.2, 0.25) is 0 Å². The van der Waals surface area contributed by atoms with Crippen LogP contribution in [0.15, 0.2) is 18.2 Å². The van der Waals surface area contributed by atoms with E-state index in [9.17, 15) is 4.21 Å². The van der Waals surface area contributed by atoms with Gasteiger partial charge in [-0.05, 0) is 31.0 Å². The van der Waals surface area contributed by atoms with Crippen molar-refractivity contribution in [3.05, 3.63) is 29.3 Å². The Morgan fingerprint density at radius 2 is 2.18 bits per heavy atom. The number of benzene rings is 1. The predicted molar refractivity (Wildman–Crippen MR) is 73.0 cm³/mol. The quantitative estimate of drug-likeness (QED) is 0.843. The lowest BCUT2D eigenvalue weighted by atomic mass is 10.1. The normalized spacial score (nSPS) is 14.4. The summed E-state index contributed by atoms with van der Waals surface area (Å²) in [6, 6.07) is 6.41. The molecule has 0 fully saturated rings. The molecule has 1 rings (SSSR count). The minimum absolute atomic E-state index is 0.267. The van der Waals surface area contributed by atoms with Gasteiger partial charge in [-0.3, -0.25) is 4.21 Å². The maximum atomic E-state index is 11.1. The highest BCUT2D eigenvalue weighted by Crippen LogP contribution is 2.18. The van der Waals surface area contributed by atoms with E-state index in [1.807, 2.05) is 13.0 Å². The van der Waals surface area contributed by atoms with Gasteiger partial charge < -0.3 is 10.1 Å². The molecule has 3 nitrogen and oxygen atoms in total. The van der Waals surface area contributed by atoms with Crippen LogP contribution < -0.4 is 10.1 Å². The van der Waals surface area contributed by atoms with Crippen molar-refractivity contribution >= 4 is 10.8 Å². The van der Waals surface area contributed by atoms with E-state index in [1.54, 1.807) is 13.4 Å². The van der Waals surface area contributed by atoms with Crippen LogP contribution in [0.2, 0.25) is 0 Å². The second-order valence-corrected chi connectivity index (χ2v) is 5.81. The van der Waals surface area contributed by atoms with E-state index in [2.05, 4.69) is 24.4 Å². The molecule has 1 aromatic rings. The van der Waals surface area contributed by atoms with E-state index in [0.29, 0.717) is 5.75 Å². The second kappa shape index (κ2) is 6.77. The number of hydrogen-bond acceptors (Lipinski definition) is 3. The zero-order valence-corrected chi connectivity index (χ0v) is 11.8. The van der Waals surface area contributed by atoms with Crippen molar-refractivity contribution < 1.29 is 8.95 Å². The lowest BCUT2D eigenvalue weighted by molar-refractivity contribution is 0.411. The Kier molecular flexibility index (Phi) is 5.65. The molecule has 0 saturated heterocycles. The van der Waals surface area contributed by atoms with Crippen LogP contribution in [0.4, 0.5) is 0 Å². The van der Waals surface area contributed by atoms with Crippen molar-refractivity contribution in [3.8, 4) is 5.75 Å². The highest BCUT2D eigenvalue weighted by molar-refractivity contribution is 7.84. The average molecular weight is 255 g/mol. The minimum atomic E-state index is -0.746. The number of ether oxygens (including phenoxy) is 1. The fourth-order valence-electron chi connectivity index (χ4n) is 1.75. The molecule has 0 bridgehead atoms. The van der Waals surface area contributed by atoms with E-state index >= 15 is 0 Å². The van der Waals surface area contributed by atoms with Crippen molar-refractivity contribution in [1.29, 1.82) is 0 Å². The first kappa shape index (κ1) is 14.2. The maximum Gasteiger partial charge on any atom is 0.121 e. The maximum absolute atomic E-state index is 11.1. The first-order valence-corrected chi connectivity index (χ1v) is 7.42. The van der Waals surface area contributed by atoms with Crippen molar-refractivity contribution in [2.45, 2.75) is 26.4 Å². The SMILES string of the molecule is COc1ccc(CNC(C)CS(C)=O)cc1C. The molecule has 1 N–H and O–H groups in total. The molecule has 4 heteroatoms. The standard InChI is InChI=1S/C13H21NO2S/c1-10-7-12(5-6-13(10)16-3)8-14-11(2)9-17(4)15/h5-7,11,14H,8-9H2,1-4H3. The fraction of sp³-hybridized carbons (Fsp3) is 0.538. The van der Waals surface area contributed by atoms with Crippen LogP contribution >= 0.6 is 0 Å². The lowest BCUT2D eigenvalue weighted by Gasteiger charge is -2.13. The summed E-state index contributed by atoms with van der Waals surface area (Å²) in [6.07, 6.45) is 1.73. The second-order valence-electron chi connectivity index (χ2n) is 4.33. The molecule has 1 aromatic carbocycles. The smallest absolute Gasteiger partial charge is 0.121 e. The Morgan fingerprint density at radius 1 is 1.47 bits per heavy atom. The van der Waals surface area contributed by atoms with Crippen molar-refractivity contribution in [2.75, 3.05) is 19.1 Å². The summed E-state index contributed by atoms with van der Waals surface area (Å²) < 4.78 is 16.3. The summed E-state index contributed by atoms with van der Waals surface area (Å²) in [5, 5.41) is 3.36. The van der Waals surface area contributed by atoms with Crippen LogP contribution in [-0.4, -0.2) is 29.4 Å². The van der Waals surface area contributed by atoms with E-state index in [0.717, 1.165) is 17.9 Å². The van der Waals surface area contributed by atoms with E-state index in [-0.39, 0.29) is 6.04 Å². The van der Waals surface area contributed by atoms with Crippen LogP contribution in [0.3, 0.4) is 0 Å². The van der Waals surface area contributed by atoms with Crippen molar-refractivity contribution in [2.24, 2.45) is 0 Å². The number of rotatable bonds is 6. The molecule has 0 heterocycles. The molecule has 0 aliphatic carbocycles. The Balaban J connectivity index is 2.52. The topological polar surface area (TPSA) is 38.3 Å².